The second-order valence-corrected chi connectivity index (χ2v) is 3.63. The van der Waals surface area contributed by atoms with Gasteiger partial charge in [0.2, 0.25) is 6.54 Å². The summed E-state index contributed by atoms with van der Waals surface area (Å²) in [6.45, 7) is -0.656. The molecule has 0 amide bonds. The Morgan fingerprint density at radius 1 is 1.28 bits per heavy atom. The lowest BCUT2D eigenvalue weighted by Crippen LogP contribution is -2.17. The molecule has 0 radical (unpaired) electrons. The highest BCUT2D eigenvalue weighted by Crippen LogP contribution is 2.28. The summed E-state index contributed by atoms with van der Waals surface area (Å²) in [6.07, 6.45) is -0.522. The van der Waals surface area contributed by atoms with Crippen LogP contribution in [0, 0.1) is 20.2 Å². The number of hydrogen-bond donors (Lipinski definition) is 1. The van der Waals surface area contributed by atoms with Crippen molar-refractivity contribution in [2.24, 2.45) is 0 Å². The van der Waals surface area contributed by atoms with Crippen molar-refractivity contribution in [1.82, 2.24) is 0 Å². The Morgan fingerprint density at radius 3 is 2.39 bits per heavy atom. The van der Waals surface area contributed by atoms with Crippen LogP contribution in [0.3, 0.4) is 0 Å². The molecule has 0 aliphatic rings. The predicted molar refractivity (Wildman–Crippen MR) is 60.0 cm³/mol. The molecule has 1 rings (SSSR count). The summed E-state index contributed by atoms with van der Waals surface area (Å²) < 4.78 is 0. The Bertz CT molecular complexity index is 471. The molecular weight excluding hydrogens is 244 g/mol. The second-order valence-electron chi connectivity index (χ2n) is 3.63. The van der Waals surface area contributed by atoms with E-state index in [1.807, 2.05) is 0 Å². The lowest BCUT2D eigenvalue weighted by atomic mass is 9.94. The van der Waals surface area contributed by atoms with Crippen LogP contribution in [-0.2, 0) is 4.79 Å². The van der Waals surface area contributed by atoms with Crippen molar-refractivity contribution in [2.75, 3.05) is 6.54 Å². The first-order valence-corrected chi connectivity index (χ1v) is 4.98. The molecule has 18 heavy (non-hydrogen) atoms. The summed E-state index contributed by atoms with van der Waals surface area (Å²) in [7, 11) is 0. The highest BCUT2D eigenvalue weighted by Gasteiger charge is 2.27. The fourth-order valence-corrected chi connectivity index (χ4v) is 1.66. The molecule has 96 valence electrons. The zero-order valence-electron chi connectivity index (χ0n) is 9.18. The molecule has 0 aromatic heterocycles. The van der Waals surface area contributed by atoms with E-state index >= 15 is 0 Å². The monoisotopic (exact) mass is 254 g/mol. The van der Waals surface area contributed by atoms with Crippen molar-refractivity contribution >= 4 is 11.7 Å². The second kappa shape index (κ2) is 5.71. The fourth-order valence-electron chi connectivity index (χ4n) is 1.66. The molecule has 8 heteroatoms. The van der Waals surface area contributed by atoms with Crippen molar-refractivity contribution in [3.05, 3.63) is 50.1 Å². The standard InChI is InChI=1S/C10H10N2O6/c13-10(14)5-7(6-11(15)16)8-3-1-2-4-9(8)12(17)18/h1-4,7H,5-6H2,(H,13,14). The zero-order chi connectivity index (χ0) is 13.7. The van der Waals surface area contributed by atoms with Gasteiger partial charge < -0.3 is 5.11 Å². The number of carboxylic acids is 1. The van der Waals surface area contributed by atoms with Gasteiger partial charge in [-0.3, -0.25) is 25.0 Å². The number of carboxylic acid groups (broad SMARTS) is 1. The average molecular weight is 254 g/mol. The largest absolute Gasteiger partial charge is 0.481 e. The molecule has 0 saturated heterocycles. The van der Waals surface area contributed by atoms with Crippen LogP contribution in [0.5, 0.6) is 0 Å². The Hall–Kier alpha value is -2.51. The number of para-hydroxylation sites is 1. The third kappa shape index (κ3) is 3.51. The van der Waals surface area contributed by atoms with Crippen LogP contribution in [0.25, 0.3) is 0 Å². The first kappa shape index (κ1) is 13.6. The summed E-state index contributed by atoms with van der Waals surface area (Å²) in [4.78, 5) is 30.6. The molecule has 0 aliphatic heterocycles. The highest BCUT2D eigenvalue weighted by molar-refractivity contribution is 5.68. The lowest BCUT2D eigenvalue weighted by molar-refractivity contribution is -0.483. The van der Waals surface area contributed by atoms with E-state index in [1.165, 1.54) is 24.3 Å². The van der Waals surface area contributed by atoms with Gasteiger partial charge in [-0.2, -0.15) is 0 Å². The van der Waals surface area contributed by atoms with Gasteiger partial charge in [0.05, 0.1) is 17.3 Å². The molecular formula is C10H10N2O6. The van der Waals surface area contributed by atoms with Crippen LogP contribution in [0.2, 0.25) is 0 Å². The van der Waals surface area contributed by atoms with Crippen LogP contribution in [-0.4, -0.2) is 27.5 Å². The summed E-state index contributed by atoms with van der Waals surface area (Å²) in [5, 5.41) is 30.0. The normalized spacial score (nSPS) is 11.8. The van der Waals surface area contributed by atoms with E-state index < -0.39 is 34.7 Å². The molecule has 8 nitrogen and oxygen atoms in total. The number of hydrogen-bond acceptors (Lipinski definition) is 5. The third-order valence-corrected chi connectivity index (χ3v) is 2.36. The SMILES string of the molecule is O=C(O)CC(C[N+](=O)[O-])c1ccccc1[N+](=O)[O-]. The molecule has 1 unspecified atom stereocenters. The maximum absolute atomic E-state index is 10.8. The van der Waals surface area contributed by atoms with E-state index in [4.69, 9.17) is 5.11 Å². The number of nitro groups is 2. The number of nitro benzene ring substituents is 1. The van der Waals surface area contributed by atoms with E-state index in [0.29, 0.717) is 0 Å². The van der Waals surface area contributed by atoms with Gasteiger partial charge in [0.15, 0.2) is 0 Å². The van der Waals surface area contributed by atoms with Crippen molar-refractivity contribution in [2.45, 2.75) is 12.3 Å². The average Bonchev–Trinajstić information content (AvgIpc) is 2.26. The first-order valence-electron chi connectivity index (χ1n) is 4.98. The van der Waals surface area contributed by atoms with E-state index in [-0.39, 0.29) is 11.3 Å². The molecule has 1 aromatic rings. The quantitative estimate of drug-likeness (QED) is 0.604. The summed E-state index contributed by atoms with van der Waals surface area (Å²) >= 11 is 0. The van der Waals surface area contributed by atoms with Crippen LogP contribution in [0.15, 0.2) is 24.3 Å². The molecule has 0 aliphatic carbocycles. The van der Waals surface area contributed by atoms with E-state index in [2.05, 4.69) is 0 Å². The fraction of sp³-hybridized carbons (Fsp3) is 0.300. The van der Waals surface area contributed by atoms with Crippen LogP contribution >= 0.6 is 0 Å². The van der Waals surface area contributed by atoms with Crippen molar-refractivity contribution in [1.29, 1.82) is 0 Å². The molecule has 1 N–H and O–H groups in total. The Kier molecular flexibility index (Phi) is 4.30. The van der Waals surface area contributed by atoms with Gasteiger partial charge >= 0.3 is 5.97 Å². The van der Waals surface area contributed by atoms with Crippen molar-refractivity contribution in [3.63, 3.8) is 0 Å². The van der Waals surface area contributed by atoms with Gasteiger partial charge in [0, 0.05) is 16.6 Å². The smallest absolute Gasteiger partial charge is 0.304 e. The van der Waals surface area contributed by atoms with Crippen LogP contribution in [0.4, 0.5) is 5.69 Å². The number of aliphatic carboxylic acids is 1. The maximum Gasteiger partial charge on any atom is 0.304 e. The predicted octanol–water partition coefficient (Wildman–Crippen LogP) is 1.43. The summed E-state index contributed by atoms with van der Waals surface area (Å²) in [5.74, 6) is -2.25. The highest BCUT2D eigenvalue weighted by atomic mass is 16.6. The Balaban J connectivity index is 3.15. The minimum atomic E-state index is -1.24. The van der Waals surface area contributed by atoms with Crippen molar-refractivity contribution < 1.29 is 19.7 Å². The van der Waals surface area contributed by atoms with Crippen LogP contribution < -0.4 is 0 Å². The first-order chi connectivity index (χ1) is 8.41. The van der Waals surface area contributed by atoms with E-state index in [0.717, 1.165) is 0 Å². The van der Waals surface area contributed by atoms with E-state index in [1.54, 1.807) is 0 Å². The third-order valence-electron chi connectivity index (χ3n) is 2.36. The molecule has 0 fully saturated rings. The van der Waals surface area contributed by atoms with Gasteiger partial charge in [-0.1, -0.05) is 18.2 Å². The van der Waals surface area contributed by atoms with E-state index in [9.17, 15) is 25.0 Å². The Morgan fingerprint density at radius 2 is 1.89 bits per heavy atom. The molecule has 0 bridgehead atoms. The van der Waals surface area contributed by atoms with Gasteiger partial charge in [-0.15, -0.1) is 0 Å². The number of nitrogens with zero attached hydrogens (tertiary/aromatic N) is 2. The lowest BCUT2D eigenvalue weighted by Gasteiger charge is -2.10. The van der Waals surface area contributed by atoms with Gasteiger partial charge in [-0.05, 0) is 0 Å². The number of rotatable bonds is 6. The Labute approximate surface area is 101 Å². The minimum absolute atomic E-state index is 0.0709. The van der Waals surface area contributed by atoms with Gasteiger partial charge in [-0.25, -0.2) is 0 Å². The number of carbonyl (C=O) groups is 1. The molecule has 0 heterocycles. The number of benzene rings is 1. The zero-order valence-corrected chi connectivity index (χ0v) is 9.18. The van der Waals surface area contributed by atoms with Crippen molar-refractivity contribution in [3.8, 4) is 0 Å². The molecule has 1 atom stereocenters. The summed E-state index contributed by atoms with van der Waals surface area (Å²) in [6, 6.07) is 5.45. The van der Waals surface area contributed by atoms with Crippen LogP contribution in [0.1, 0.15) is 17.9 Å². The minimum Gasteiger partial charge on any atom is -0.481 e. The van der Waals surface area contributed by atoms with Gasteiger partial charge in [0.25, 0.3) is 5.69 Å². The summed E-state index contributed by atoms with van der Waals surface area (Å²) in [5.41, 5.74) is -0.229. The molecule has 0 saturated carbocycles. The van der Waals surface area contributed by atoms with Gasteiger partial charge in [0.1, 0.15) is 0 Å². The molecule has 1 aromatic carbocycles. The maximum atomic E-state index is 10.8. The molecule has 0 spiro atoms. The topological polar surface area (TPSA) is 124 Å².